The maximum atomic E-state index is 10.8. The number of esters is 1. The van der Waals surface area contributed by atoms with Crippen molar-refractivity contribution in [2.45, 2.75) is 12.8 Å². The summed E-state index contributed by atoms with van der Waals surface area (Å²) in [6.45, 7) is 0.327. The van der Waals surface area contributed by atoms with Crippen LogP contribution >= 0.6 is 0 Å². The van der Waals surface area contributed by atoms with Crippen LogP contribution in [0.4, 0.5) is 0 Å². The normalized spacial score (nSPS) is 12.2. The van der Waals surface area contributed by atoms with Gasteiger partial charge in [0, 0.05) is 13.7 Å². The fourth-order valence-electron chi connectivity index (χ4n) is 0.857. The summed E-state index contributed by atoms with van der Waals surface area (Å²) in [5.41, 5.74) is 0. The first-order valence-corrected chi connectivity index (χ1v) is 3.90. The zero-order valence-corrected chi connectivity index (χ0v) is 7.78. The number of hydrogen-bond donors (Lipinski definition) is 1. The molecular weight excluding hydrogens is 176 g/mol. The van der Waals surface area contributed by atoms with Gasteiger partial charge in [-0.2, -0.15) is 0 Å². The Hall–Kier alpha value is -1.10. The van der Waals surface area contributed by atoms with Gasteiger partial charge < -0.3 is 14.6 Å². The molecule has 0 aliphatic rings. The number of carboxylic acid groups (broad SMARTS) is 1. The molecule has 76 valence electrons. The van der Waals surface area contributed by atoms with E-state index < -0.39 is 17.9 Å². The number of ether oxygens (including phenoxy) is 2. The third-order valence-corrected chi connectivity index (χ3v) is 1.66. The number of hydrogen-bond acceptors (Lipinski definition) is 4. The molecule has 0 radical (unpaired) electrons. The molecule has 0 aromatic rings. The van der Waals surface area contributed by atoms with Gasteiger partial charge in [-0.15, -0.1) is 0 Å². The van der Waals surface area contributed by atoms with Crippen LogP contribution in [-0.2, 0) is 19.1 Å². The van der Waals surface area contributed by atoms with Crippen LogP contribution < -0.4 is 0 Å². The summed E-state index contributed by atoms with van der Waals surface area (Å²) in [6.07, 6.45) is 0.218. The lowest BCUT2D eigenvalue weighted by Gasteiger charge is -2.09. The standard InChI is InChI=1S/C8H14O5/c1-12-4-3-6(8(10)11)5-7(9)13-2/h6H,3-5H2,1-2H3,(H,10,11)/t6-/m1/s1. The third kappa shape index (κ3) is 5.19. The molecule has 0 unspecified atom stereocenters. The first-order chi connectivity index (χ1) is 6.11. The van der Waals surface area contributed by atoms with E-state index in [2.05, 4.69) is 4.74 Å². The predicted octanol–water partition coefficient (Wildman–Crippen LogP) is 0.287. The van der Waals surface area contributed by atoms with Crippen LogP contribution in [0.3, 0.4) is 0 Å². The van der Waals surface area contributed by atoms with Crippen molar-refractivity contribution in [3.05, 3.63) is 0 Å². The molecule has 0 spiro atoms. The fourth-order valence-corrected chi connectivity index (χ4v) is 0.857. The summed E-state index contributed by atoms with van der Waals surface area (Å²) in [7, 11) is 2.72. The maximum absolute atomic E-state index is 10.8. The summed E-state index contributed by atoms with van der Waals surface area (Å²) in [5, 5.41) is 8.68. The molecule has 0 heterocycles. The second-order valence-electron chi connectivity index (χ2n) is 2.60. The topological polar surface area (TPSA) is 72.8 Å². The Kier molecular flexibility index (Phi) is 5.88. The van der Waals surface area contributed by atoms with Crippen molar-refractivity contribution < 1.29 is 24.2 Å². The van der Waals surface area contributed by atoms with Crippen molar-refractivity contribution in [3.63, 3.8) is 0 Å². The lowest BCUT2D eigenvalue weighted by molar-refractivity contribution is -0.150. The van der Waals surface area contributed by atoms with E-state index in [9.17, 15) is 9.59 Å². The average Bonchev–Trinajstić information content (AvgIpc) is 2.11. The Labute approximate surface area is 76.6 Å². The number of rotatable bonds is 6. The van der Waals surface area contributed by atoms with Crippen LogP contribution in [0.15, 0.2) is 0 Å². The summed E-state index contributed by atoms with van der Waals surface area (Å²) in [5.74, 6) is -2.22. The van der Waals surface area contributed by atoms with Gasteiger partial charge in [0.05, 0.1) is 19.4 Å². The van der Waals surface area contributed by atoms with Gasteiger partial charge in [0.15, 0.2) is 0 Å². The SMILES string of the molecule is COCC[C@H](CC(=O)OC)C(=O)O. The molecule has 0 fully saturated rings. The van der Waals surface area contributed by atoms with Crippen molar-refractivity contribution in [3.8, 4) is 0 Å². The minimum absolute atomic E-state index is 0.102. The van der Waals surface area contributed by atoms with Crippen molar-refractivity contribution in [1.82, 2.24) is 0 Å². The Morgan fingerprint density at radius 2 is 2.00 bits per heavy atom. The molecule has 0 aromatic carbocycles. The molecular formula is C8H14O5. The molecule has 0 aliphatic carbocycles. The molecule has 0 amide bonds. The molecule has 0 aliphatic heterocycles. The zero-order chi connectivity index (χ0) is 10.3. The largest absolute Gasteiger partial charge is 0.481 e. The molecule has 0 bridgehead atoms. The smallest absolute Gasteiger partial charge is 0.307 e. The van der Waals surface area contributed by atoms with E-state index in [1.807, 2.05) is 0 Å². The van der Waals surface area contributed by atoms with Gasteiger partial charge in [-0.05, 0) is 6.42 Å². The minimum Gasteiger partial charge on any atom is -0.481 e. The molecule has 5 nitrogen and oxygen atoms in total. The lowest BCUT2D eigenvalue weighted by atomic mass is 10.0. The van der Waals surface area contributed by atoms with Crippen LogP contribution in [0.2, 0.25) is 0 Å². The fraction of sp³-hybridized carbons (Fsp3) is 0.750. The highest BCUT2D eigenvalue weighted by molar-refractivity contribution is 5.78. The number of methoxy groups -OCH3 is 2. The zero-order valence-electron chi connectivity index (χ0n) is 7.78. The van der Waals surface area contributed by atoms with Gasteiger partial charge in [-0.1, -0.05) is 0 Å². The number of carbonyl (C=O) groups excluding carboxylic acids is 1. The molecule has 1 N–H and O–H groups in total. The van der Waals surface area contributed by atoms with E-state index in [0.717, 1.165) is 0 Å². The molecule has 1 atom stereocenters. The Bertz CT molecular complexity index is 177. The van der Waals surface area contributed by atoms with Crippen LogP contribution in [0.25, 0.3) is 0 Å². The maximum Gasteiger partial charge on any atom is 0.307 e. The Morgan fingerprint density at radius 3 is 2.38 bits per heavy atom. The first kappa shape index (κ1) is 11.9. The number of carboxylic acids is 1. The van der Waals surface area contributed by atoms with Gasteiger partial charge in [0.2, 0.25) is 0 Å². The lowest BCUT2D eigenvalue weighted by Crippen LogP contribution is -2.20. The van der Waals surface area contributed by atoms with Crippen molar-refractivity contribution in [2.75, 3.05) is 20.8 Å². The summed E-state index contributed by atoms with van der Waals surface area (Å²) >= 11 is 0. The highest BCUT2D eigenvalue weighted by atomic mass is 16.5. The number of aliphatic carboxylic acids is 1. The van der Waals surface area contributed by atoms with E-state index in [1.165, 1.54) is 14.2 Å². The Balaban J connectivity index is 3.94. The Morgan fingerprint density at radius 1 is 1.38 bits per heavy atom. The minimum atomic E-state index is -0.998. The highest BCUT2D eigenvalue weighted by Gasteiger charge is 2.20. The van der Waals surface area contributed by atoms with Crippen LogP contribution in [0.1, 0.15) is 12.8 Å². The van der Waals surface area contributed by atoms with Gasteiger partial charge in [0.25, 0.3) is 0 Å². The van der Waals surface area contributed by atoms with E-state index >= 15 is 0 Å². The van der Waals surface area contributed by atoms with Crippen molar-refractivity contribution in [2.24, 2.45) is 5.92 Å². The summed E-state index contributed by atoms with van der Waals surface area (Å²) in [4.78, 5) is 21.4. The molecule has 13 heavy (non-hydrogen) atoms. The van der Waals surface area contributed by atoms with Crippen LogP contribution in [-0.4, -0.2) is 37.9 Å². The van der Waals surface area contributed by atoms with E-state index in [4.69, 9.17) is 9.84 Å². The van der Waals surface area contributed by atoms with Crippen LogP contribution in [0, 0.1) is 5.92 Å². The molecule has 0 aromatic heterocycles. The summed E-state index contributed by atoms with van der Waals surface area (Å²) in [6, 6.07) is 0. The molecule has 0 saturated heterocycles. The van der Waals surface area contributed by atoms with Crippen LogP contribution in [0.5, 0.6) is 0 Å². The second kappa shape index (κ2) is 6.42. The van der Waals surface area contributed by atoms with E-state index in [0.29, 0.717) is 13.0 Å². The molecule has 0 saturated carbocycles. The highest BCUT2D eigenvalue weighted by Crippen LogP contribution is 2.09. The number of carbonyl (C=O) groups is 2. The second-order valence-corrected chi connectivity index (χ2v) is 2.60. The van der Waals surface area contributed by atoms with Gasteiger partial charge in [-0.3, -0.25) is 9.59 Å². The molecule has 0 rings (SSSR count). The monoisotopic (exact) mass is 190 g/mol. The average molecular weight is 190 g/mol. The van der Waals surface area contributed by atoms with Crippen molar-refractivity contribution >= 4 is 11.9 Å². The molecule has 5 heteroatoms. The van der Waals surface area contributed by atoms with E-state index in [1.54, 1.807) is 0 Å². The summed E-state index contributed by atoms with van der Waals surface area (Å²) < 4.78 is 9.09. The van der Waals surface area contributed by atoms with Gasteiger partial charge in [-0.25, -0.2) is 0 Å². The first-order valence-electron chi connectivity index (χ1n) is 3.90. The quantitative estimate of drug-likeness (QED) is 0.609. The predicted molar refractivity (Wildman–Crippen MR) is 44.3 cm³/mol. The van der Waals surface area contributed by atoms with E-state index in [-0.39, 0.29) is 6.42 Å². The van der Waals surface area contributed by atoms with Gasteiger partial charge in [0.1, 0.15) is 0 Å². The van der Waals surface area contributed by atoms with Crippen molar-refractivity contribution in [1.29, 1.82) is 0 Å². The van der Waals surface area contributed by atoms with Gasteiger partial charge >= 0.3 is 11.9 Å². The third-order valence-electron chi connectivity index (χ3n) is 1.66.